The van der Waals surface area contributed by atoms with Crippen LogP contribution in [0.15, 0.2) is 18.5 Å². The highest BCUT2D eigenvalue weighted by Crippen LogP contribution is 2.23. The van der Waals surface area contributed by atoms with Gasteiger partial charge in [0.1, 0.15) is 5.41 Å². The minimum absolute atomic E-state index is 0.307. The summed E-state index contributed by atoms with van der Waals surface area (Å²) in [5.74, 6) is -0.848. The number of ether oxygens (including phenoxy) is 1. The Bertz CT molecular complexity index is 382. The maximum absolute atomic E-state index is 12.1. The van der Waals surface area contributed by atoms with Crippen molar-refractivity contribution in [3.05, 3.63) is 18.5 Å². The van der Waals surface area contributed by atoms with Crippen molar-refractivity contribution >= 4 is 17.6 Å². The molecule has 1 N–H and O–H groups in total. The van der Waals surface area contributed by atoms with E-state index in [0.29, 0.717) is 5.69 Å². The molecule has 0 bridgehead atoms. The molecule has 0 aliphatic rings. The first-order valence-corrected chi connectivity index (χ1v) is 4.90. The summed E-state index contributed by atoms with van der Waals surface area (Å²) in [5, 5.41) is 0. The van der Waals surface area contributed by atoms with Gasteiger partial charge >= 0.3 is 5.97 Å². The number of nitrogens with one attached hydrogen (secondary N) is 1. The Morgan fingerprint density at radius 2 is 2.06 bits per heavy atom. The smallest absolute Gasteiger partial charge is 0.320 e. The predicted octanol–water partition coefficient (Wildman–Crippen LogP) is 1.18. The van der Waals surface area contributed by atoms with E-state index in [1.165, 1.54) is 12.0 Å². The van der Waals surface area contributed by atoms with Gasteiger partial charge in [-0.1, -0.05) is 0 Å². The lowest BCUT2D eigenvalue weighted by atomic mass is 9.92. The molecule has 1 heterocycles. The summed E-state index contributed by atoms with van der Waals surface area (Å²) in [6.07, 6.45) is 3.40. The molecule has 1 aromatic heterocycles. The molecular formula is C11H16N2O3. The molecule has 16 heavy (non-hydrogen) atoms. The number of nitrogens with zero attached hydrogens (tertiary/aromatic N) is 1. The largest absolute Gasteiger partial charge is 0.468 e. The van der Waals surface area contributed by atoms with Crippen molar-refractivity contribution in [2.24, 2.45) is 5.41 Å². The Morgan fingerprint density at radius 3 is 2.50 bits per heavy atom. The molecule has 1 aromatic rings. The summed E-state index contributed by atoms with van der Waals surface area (Å²) >= 11 is 0. The molecule has 0 fully saturated rings. The SMILES string of the molecule is COC(=O)C(C)(C)C(=O)N(C)c1cc[nH]c1. The molecule has 0 spiro atoms. The molecule has 1 amide bonds. The predicted molar refractivity (Wildman–Crippen MR) is 60.0 cm³/mol. The number of esters is 1. The molecule has 5 heteroatoms. The molecule has 0 unspecified atom stereocenters. The second-order valence-corrected chi connectivity index (χ2v) is 4.05. The maximum Gasteiger partial charge on any atom is 0.320 e. The first-order chi connectivity index (χ1) is 7.41. The van der Waals surface area contributed by atoms with Gasteiger partial charge in [-0.3, -0.25) is 9.59 Å². The Kier molecular flexibility index (Phi) is 3.37. The van der Waals surface area contributed by atoms with Gasteiger partial charge in [0.2, 0.25) is 5.91 Å². The number of rotatable bonds is 3. The second-order valence-electron chi connectivity index (χ2n) is 4.05. The first-order valence-electron chi connectivity index (χ1n) is 4.90. The van der Waals surface area contributed by atoms with Gasteiger partial charge < -0.3 is 14.6 Å². The highest BCUT2D eigenvalue weighted by atomic mass is 16.5. The lowest BCUT2D eigenvalue weighted by molar-refractivity contribution is -0.155. The van der Waals surface area contributed by atoms with Crippen LogP contribution in [0.2, 0.25) is 0 Å². The number of methoxy groups -OCH3 is 1. The first kappa shape index (κ1) is 12.3. The third-order valence-corrected chi connectivity index (χ3v) is 2.50. The van der Waals surface area contributed by atoms with Gasteiger partial charge in [-0.2, -0.15) is 0 Å². The van der Waals surface area contributed by atoms with Crippen molar-refractivity contribution in [3.63, 3.8) is 0 Å². The fourth-order valence-electron chi connectivity index (χ4n) is 1.40. The number of aromatic amines is 1. The van der Waals surface area contributed by atoms with Crippen LogP contribution >= 0.6 is 0 Å². The highest BCUT2D eigenvalue weighted by molar-refractivity contribution is 6.09. The molecule has 1 rings (SSSR count). The number of hydrogen-bond acceptors (Lipinski definition) is 3. The molecule has 0 aromatic carbocycles. The van der Waals surface area contributed by atoms with Crippen LogP contribution < -0.4 is 4.90 Å². The van der Waals surface area contributed by atoms with E-state index in [4.69, 9.17) is 0 Å². The Labute approximate surface area is 94.4 Å². The third-order valence-electron chi connectivity index (χ3n) is 2.50. The van der Waals surface area contributed by atoms with Crippen LogP contribution in [-0.4, -0.2) is 31.0 Å². The van der Waals surface area contributed by atoms with Gasteiger partial charge in [0.05, 0.1) is 12.8 Å². The maximum atomic E-state index is 12.1. The summed E-state index contributed by atoms with van der Waals surface area (Å²) in [6, 6.07) is 1.76. The fourth-order valence-corrected chi connectivity index (χ4v) is 1.40. The summed E-state index contributed by atoms with van der Waals surface area (Å²) in [5.41, 5.74) is -0.470. The van der Waals surface area contributed by atoms with Crippen LogP contribution in [0.1, 0.15) is 13.8 Å². The van der Waals surface area contributed by atoms with E-state index >= 15 is 0 Å². The number of carbonyl (C=O) groups is 2. The quantitative estimate of drug-likeness (QED) is 0.619. The minimum atomic E-state index is -1.18. The van der Waals surface area contributed by atoms with Crippen molar-refractivity contribution < 1.29 is 14.3 Å². The topological polar surface area (TPSA) is 62.4 Å². The monoisotopic (exact) mass is 224 g/mol. The van der Waals surface area contributed by atoms with E-state index in [-0.39, 0.29) is 5.91 Å². The van der Waals surface area contributed by atoms with Crippen LogP contribution in [0.4, 0.5) is 5.69 Å². The molecule has 0 aliphatic heterocycles. The minimum Gasteiger partial charge on any atom is -0.468 e. The van der Waals surface area contributed by atoms with Gasteiger partial charge in [0.25, 0.3) is 0 Å². The van der Waals surface area contributed by atoms with Crippen molar-refractivity contribution in [1.82, 2.24) is 4.98 Å². The molecular weight excluding hydrogens is 208 g/mol. The van der Waals surface area contributed by atoms with Crippen LogP contribution in [0.25, 0.3) is 0 Å². The van der Waals surface area contributed by atoms with Crippen LogP contribution in [0, 0.1) is 5.41 Å². The Morgan fingerprint density at radius 1 is 1.44 bits per heavy atom. The molecule has 0 saturated heterocycles. The summed E-state index contributed by atoms with van der Waals surface area (Å²) < 4.78 is 4.61. The van der Waals surface area contributed by atoms with E-state index < -0.39 is 11.4 Å². The molecule has 5 nitrogen and oxygen atoms in total. The van der Waals surface area contributed by atoms with Gasteiger partial charge in [-0.05, 0) is 19.9 Å². The van der Waals surface area contributed by atoms with Crippen LogP contribution in [0.5, 0.6) is 0 Å². The zero-order chi connectivity index (χ0) is 12.3. The fraction of sp³-hybridized carbons (Fsp3) is 0.455. The number of H-pyrrole nitrogens is 1. The lowest BCUT2D eigenvalue weighted by Crippen LogP contribution is -2.44. The van der Waals surface area contributed by atoms with Crippen molar-refractivity contribution in [2.75, 3.05) is 19.1 Å². The molecule has 0 atom stereocenters. The zero-order valence-corrected chi connectivity index (χ0v) is 9.90. The van der Waals surface area contributed by atoms with E-state index in [9.17, 15) is 9.59 Å². The van der Waals surface area contributed by atoms with E-state index in [1.807, 2.05) is 0 Å². The van der Waals surface area contributed by atoms with E-state index in [0.717, 1.165) is 0 Å². The molecule has 0 radical (unpaired) electrons. The zero-order valence-electron chi connectivity index (χ0n) is 9.90. The normalized spacial score (nSPS) is 11.0. The van der Waals surface area contributed by atoms with Crippen molar-refractivity contribution in [3.8, 4) is 0 Å². The van der Waals surface area contributed by atoms with E-state index in [2.05, 4.69) is 9.72 Å². The Balaban J connectivity index is 2.90. The highest BCUT2D eigenvalue weighted by Gasteiger charge is 2.39. The van der Waals surface area contributed by atoms with Gasteiger partial charge in [-0.15, -0.1) is 0 Å². The van der Waals surface area contributed by atoms with Crippen molar-refractivity contribution in [1.29, 1.82) is 0 Å². The van der Waals surface area contributed by atoms with Gasteiger partial charge in [0.15, 0.2) is 0 Å². The molecule has 88 valence electrons. The summed E-state index contributed by atoms with van der Waals surface area (Å²) in [4.78, 5) is 27.8. The second kappa shape index (κ2) is 4.38. The number of aromatic nitrogens is 1. The number of anilines is 1. The number of hydrogen-bond donors (Lipinski definition) is 1. The third kappa shape index (κ3) is 2.08. The molecule has 0 aliphatic carbocycles. The molecule has 0 saturated carbocycles. The van der Waals surface area contributed by atoms with Crippen LogP contribution in [0.3, 0.4) is 0 Å². The van der Waals surface area contributed by atoms with Crippen molar-refractivity contribution in [2.45, 2.75) is 13.8 Å². The summed E-state index contributed by atoms with van der Waals surface area (Å²) in [6.45, 7) is 3.09. The van der Waals surface area contributed by atoms with Gasteiger partial charge in [-0.25, -0.2) is 0 Å². The Hall–Kier alpha value is -1.78. The average molecular weight is 224 g/mol. The number of carbonyl (C=O) groups excluding carboxylic acids is 2. The standard InChI is InChI=1S/C11H16N2O3/c1-11(2,10(15)16-4)9(14)13(3)8-5-6-12-7-8/h5-7,12H,1-4H3. The lowest BCUT2D eigenvalue weighted by Gasteiger charge is -2.26. The number of amides is 1. The van der Waals surface area contributed by atoms with Crippen LogP contribution in [-0.2, 0) is 14.3 Å². The average Bonchev–Trinajstić information content (AvgIpc) is 2.79. The summed E-state index contributed by atoms with van der Waals surface area (Å²) in [7, 11) is 2.89. The van der Waals surface area contributed by atoms with E-state index in [1.54, 1.807) is 39.4 Å². The van der Waals surface area contributed by atoms with Gasteiger partial charge in [0, 0.05) is 19.4 Å².